The fourth-order valence-electron chi connectivity index (χ4n) is 2.10. The Morgan fingerprint density at radius 2 is 2.18 bits per heavy atom. The summed E-state index contributed by atoms with van der Waals surface area (Å²) in [6, 6.07) is 8.88. The number of carbonyl (C=O) groups is 1. The van der Waals surface area contributed by atoms with Crippen molar-refractivity contribution < 1.29 is 9.53 Å². The first-order valence-corrected chi connectivity index (χ1v) is 7.44. The SMILES string of the molecule is COc1ccccc1NC(=O)Cc1nc2ccsc2c(=O)[nH]1. The molecule has 2 aromatic heterocycles. The van der Waals surface area contributed by atoms with Crippen molar-refractivity contribution in [3.63, 3.8) is 0 Å². The van der Waals surface area contributed by atoms with E-state index in [4.69, 9.17) is 4.74 Å². The number of nitrogens with zero attached hydrogens (tertiary/aromatic N) is 1. The zero-order valence-corrected chi connectivity index (χ0v) is 12.6. The number of benzene rings is 1. The zero-order chi connectivity index (χ0) is 15.5. The molecule has 0 aliphatic carbocycles. The van der Waals surface area contributed by atoms with Gasteiger partial charge in [0.25, 0.3) is 5.56 Å². The van der Waals surface area contributed by atoms with Crippen LogP contribution in [-0.2, 0) is 11.2 Å². The molecule has 2 N–H and O–H groups in total. The van der Waals surface area contributed by atoms with Crippen LogP contribution in [0.3, 0.4) is 0 Å². The lowest BCUT2D eigenvalue weighted by molar-refractivity contribution is -0.115. The van der Waals surface area contributed by atoms with Gasteiger partial charge < -0.3 is 15.0 Å². The van der Waals surface area contributed by atoms with Gasteiger partial charge in [-0.05, 0) is 23.6 Å². The average molecular weight is 315 g/mol. The van der Waals surface area contributed by atoms with E-state index < -0.39 is 0 Å². The topological polar surface area (TPSA) is 84.1 Å². The van der Waals surface area contributed by atoms with Gasteiger partial charge >= 0.3 is 0 Å². The van der Waals surface area contributed by atoms with Crippen LogP contribution >= 0.6 is 11.3 Å². The fourth-order valence-corrected chi connectivity index (χ4v) is 2.83. The van der Waals surface area contributed by atoms with E-state index in [1.807, 2.05) is 6.07 Å². The lowest BCUT2D eigenvalue weighted by atomic mass is 10.2. The van der Waals surface area contributed by atoms with E-state index >= 15 is 0 Å². The van der Waals surface area contributed by atoms with E-state index in [1.165, 1.54) is 18.4 Å². The average Bonchev–Trinajstić information content (AvgIpc) is 2.96. The number of thiophene rings is 1. The van der Waals surface area contributed by atoms with Crippen molar-refractivity contribution in [2.45, 2.75) is 6.42 Å². The van der Waals surface area contributed by atoms with Crippen molar-refractivity contribution in [1.82, 2.24) is 9.97 Å². The van der Waals surface area contributed by atoms with Gasteiger partial charge in [0.15, 0.2) is 0 Å². The van der Waals surface area contributed by atoms with Gasteiger partial charge in [0.2, 0.25) is 5.91 Å². The quantitative estimate of drug-likeness (QED) is 0.773. The number of carbonyl (C=O) groups excluding carboxylic acids is 1. The summed E-state index contributed by atoms with van der Waals surface area (Å²) < 4.78 is 5.74. The number of H-pyrrole nitrogens is 1. The maximum absolute atomic E-state index is 12.1. The molecule has 0 saturated carbocycles. The summed E-state index contributed by atoms with van der Waals surface area (Å²) in [4.78, 5) is 30.9. The van der Waals surface area contributed by atoms with Crippen LogP contribution in [0, 0.1) is 0 Å². The van der Waals surface area contributed by atoms with Crippen molar-refractivity contribution in [2.75, 3.05) is 12.4 Å². The minimum absolute atomic E-state index is 0.0148. The summed E-state index contributed by atoms with van der Waals surface area (Å²) in [5.41, 5.74) is 0.961. The summed E-state index contributed by atoms with van der Waals surface area (Å²) in [7, 11) is 1.54. The second kappa shape index (κ2) is 5.98. The first kappa shape index (κ1) is 14.3. The smallest absolute Gasteiger partial charge is 0.268 e. The molecule has 1 amide bonds. The third-order valence-electron chi connectivity index (χ3n) is 3.07. The van der Waals surface area contributed by atoms with E-state index in [0.717, 1.165) is 0 Å². The van der Waals surface area contributed by atoms with Gasteiger partial charge in [-0.25, -0.2) is 4.98 Å². The van der Waals surface area contributed by atoms with E-state index in [1.54, 1.807) is 29.6 Å². The van der Waals surface area contributed by atoms with Crippen LogP contribution in [0.5, 0.6) is 5.75 Å². The normalized spacial score (nSPS) is 10.6. The molecule has 22 heavy (non-hydrogen) atoms. The third kappa shape index (κ3) is 2.84. The van der Waals surface area contributed by atoms with Crippen LogP contribution < -0.4 is 15.6 Å². The molecule has 0 atom stereocenters. The molecule has 1 aromatic carbocycles. The minimum Gasteiger partial charge on any atom is -0.495 e. The van der Waals surface area contributed by atoms with E-state index in [0.29, 0.717) is 27.5 Å². The zero-order valence-electron chi connectivity index (χ0n) is 11.8. The molecule has 0 aliphatic rings. The molecule has 3 aromatic rings. The predicted molar refractivity (Wildman–Crippen MR) is 85.6 cm³/mol. The van der Waals surface area contributed by atoms with E-state index in [9.17, 15) is 9.59 Å². The number of aromatic nitrogens is 2. The molecule has 2 heterocycles. The monoisotopic (exact) mass is 315 g/mol. The highest BCUT2D eigenvalue weighted by Crippen LogP contribution is 2.23. The Hall–Kier alpha value is -2.67. The number of hydrogen-bond donors (Lipinski definition) is 2. The molecule has 0 unspecified atom stereocenters. The van der Waals surface area contributed by atoms with E-state index in [-0.39, 0.29) is 17.9 Å². The summed E-state index contributed by atoms with van der Waals surface area (Å²) in [5, 5.41) is 4.55. The Bertz CT molecular complexity index is 885. The Morgan fingerprint density at radius 1 is 1.36 bits per heavy atom. The van der Waals surface area contributed by atoms with Crippen molar-refractivity contribution in [2.24, 2.45) is 0 Å². The van der Waals surface area contributed by atoms with Crippen LogP contribution in [0.4, 0.5) is 5.69 Å². The fraction of sp³-hybridized carbons (Fsp3) is 0.133. The molecule has 3 rings (SSSR count). The van der Waals surface area contributed by atoms with Gasteiger partial charge in [-0.3, -0.25) is 9.59 Å². The molecule has 6 nitrogen and oxygen atoms in total. The highest BCUT2D eigenvalue weighted by Gasteiger charge is 2.11. The predicted octanol–water partition coefficient (Wildman–Crippen LogP) is 2.17. The van der Waals surface area contributed by atoms with Crippen molar-refractivity contribution >= 4 is 33.1 Å². The maximum atomic E-state index is 12.1. The number of nitrogens with one attached hydrogen (secondary N) is 2. The van der Waals surface area contributed by atoms with Crippen LogP contribution in [0.2, 0.25) is 0 Å². The molecule has 0 fully saturated rings. The Kier molecular flexibility index (Phi) is 3.88. The molecule has 112 valence electrons. The minimum atomic E-state index is -0.276. The number of amides is 1. The Morgan fingerprint density at radius 3 is 3.00 bits per heavy atom. The lowest BCUT2D eigenvalue weighted by Crippen LogP contribution is -2.19. The number of fused-ring (bicyclic) bond motifs is 1. The second-order valence-electron chi connectivity index (χ2n) is 4.57. The molecule has 0 aliphatic heterocycles. The number of hydrogen-bond acceptors (Lipinski definition) is 5. The summed E-state index contributed by atoms with van der Waals surface area (Å²) in [5.74, 6) is 0.635. The van der Waals surface area contributed by atoms with Crippen LogP contribution in [0.25, 0.3) is 10.2 Å². The molecule has 7 heteroatoms. The Labute approximate surface area is 129 Å². The number of ether oxygens (including phenoxy) is 1. The standard InChI is InChI=1S/C15H13N3O3S/c1-21-11-5-3-2-4-9(11)17-13(19)8-12-16-10-6-7-22-14(10)15(20)18-12/h2-7H,8H2,1H3,(H,17,19)(H,16,18,20). The molecule has 0 bridgehead atoms. The number of aromatic amines is 1. The van der Waals surface area contributed by atoms with Crippen LogP contribution in [0.15, 0.2) is 40.5 Å². The first-order chi connectivity index (χ1) is 10.7. The lowest BCUT2D eigenvalue weighted by Gasteiger charge is -2.09. The molecule has 0 saturated heterocycles. The number of anilines is 1. The number of rotatable bonds is 4. The van der Waals surface area contributed by atoms with Crippen molar-refractivity contribution in [3.05, 3.63) is 51.9 Å². The van der Waals surface area contributed by atoms with Gasteiger partial charge in [-0.1, -0.05) is 12.1 Å². The largest absolute Gasteiger partial charge is 0.495 e. The molecular weight excluding hydrogens is 302 g/mol. The van der Waals surface area contributed by atoms with Gasteiger partial charge in [0, 0.05) is 0 Å². The number of methoxy groups -OCH3 is 1. The van der Waals surface area contributed by atoms with Crippen molar-refractivity contribution in [3.8, 4) is 5.75 Å². The highest BCUT2D eigenvalue weighted by molar-refractivity contribution is 7.17. The first-order valence-electron chi connectivity index (χ1n) is 6.56. The summed E-state index contributed by atoms with van der Waals surface area (Å²) in [6.07, 6.45) is -0.0148. The van der Waals surface area contributed by atoms with Crippen LogP contribution in [0.1, 0.15) is 5.82 Å². The van der Waals surface area contributed by atoms with Crippen LogP contribution in [-0.4, -0.2) is 23.0 Å². The van der Waals surface area contributed by atoms with Crippen molar-refractivity contribution in [1.29, 1.82) is 0 Å². The van der Waals surface area contributed by atoms with Gasteiger partial charge in [-0.15, -0.1) is 11.3 Å². The Balaban J connectivity index is 1.79. The highest BCUT2D eigenvalue weighted by atomic mass is 32.1. The number of para-hydroxylation sites is 2. The van der Waals surface area contributed by atoms with E-state index in [2.05, 4.69) is 15.3 Å². The molecule has 0 spiro atoms. The van der Waals surface area contributed by atoms with Gasteiger partial charge in [-0.2, -0.15) is 0 Å². The summed E-state index contributed by atoms with van der Waals surface area (Å²) >= 11 is 1.33. The van der Waals surface area contributed by atoms with Gasteiger partial charge in [0.05, 0.1) is 24.7 Å². The van der Waals surface area contributed by atoms with Gasteiger partial charge in [0.1, 0.15) is 16.3 Å². The molecule has 0 radical (unpaired) electrons. The maximum Gasteiger partial charge on any atom is 0.268 e. The third-order valence-corrected chi connectivity index (χ3v) is 3.98. The second-order valence-corrected chi connectivity index (χ2v) is 5.49. The molecular formula is C15H13N3O3S. The summed E-state index contributed by atoms with van der Waals surface area (Å²) in [6.45, 7) is 0.